The summed E-state index contributed by atoms with van der Waals surface area (Å²) < 4.78 is 25.6. The lowest BCUT2D eigenvalue weighted by Gasteiger charge is -2.23. The molecule has 2 N–H and O–H groups in total. The smallest absolute Gasteiger partial charge is 0.323 e. The van der Waals surface area contributed by atoms with Crippen molar-refractivity contribution in [1.29, 1.82) is 0 Å². The Bertz CT molecular complexity index is 512. The van der Waals surface area contributed by atoms with E-state index < -0.39 is 20.9 Å². The summed E-state index contributed by atoms with van der Waals surface area (Å²) in [5.74, 6) is 0. The van der Waals surface area contributed by atoms with Gasteiger partial charge >= 0.3 is 6.03 Å². The van der Waals surface area contributed by atoms with Gasteiger partial charge in [0, 0.05) is 0 Å². The minimum absolute atomic E-state index is 0.0575. The van der Waals surface area contributed by atoms with Gasteiger partial charge in [-0.25, -0.2) is 17.9 Å². The predicted molar refractivity (Wildman–Crippen MR) is 72.9 cm³/mol. The molecule has 0 aromatic heterocycles. The van der Waals surface area contributed by atoms with E-state index in [-0.39, 0.29) is 4.90 Å². The first-order valence-corrected chi connectivity index (χ1v) is 7.93. The predicted octanol–water partition coefficient (Wildman–Crippen LogP) is 1.77. The van der Waals surface area contributed by atoms with Crippen LogP contribution in [0.3, 0.4) is 0 Å². The minimum atomic E-state index is -3.81. The fraction of sp³-hybridized carbons (Fsp3) is 0.364. The van der Waals surface area contributed by atoms with Crippen LogP contribution in [0.1, 0.15) is 13.8 Å². The molecule has 0 unspecified atom stereocenters. The van der Waals surface area contributed by atoms with Gasteiger partial charge in [0.2, 0.25) is 0 Å². The average Bonchev–Trinajstić information content (AvgIpc) is 2.28. The first-order chi connectivity index (χ1) is 8.27. The van der Waals surface area contributed by atoms with Crippen LogP contribution in [-0.4, -0.2) is 25.6 Å². The van der Waals surface area contributed by atoms with Gasteiger partial charge in [-0.05, 0) is 32.2 Å². The third kappa shape index (κ3) is 4.23. The number of hydrogen-bond donors (Lipinski definition) is 2. The van der Waals surface area contributed by atoms with Crippen LogP contribution in [0.25, 0.3) is 0 Å². The van der Waals surface area contributed by atoms with Gasteiger partial charge in [0.1, 0.15) is 0 Å². The van der Waals surface area contributed by atoms with Gasteiger partial charge in [-0.15, -0.1) is 11.8 Å². The lowest BCUT2D eigenvalue weighted by molar-refractivity contribution is 0.242. The maximum atomic E-state index is 11.8. The number of rotatable bonds is 4. The SMILES string of the molecule is CSC(C)(C)NC(=O)NS(=O)(=O)c1ccccc1. The van der Waals surface area contributed by atoms with Crippen LogP contribution in [0.2, 0.25) is 0 Å². The van der Waals surface area contributed by atoms with Crippen LogP contribution < -0.4 is 10.0 Å². The van der Waals surface area contributed by atoms with E-state index in [4.69, 9.17) is 0 Å². The van der Waals surface area contributed by atoms with E-state index in [1.165, 1.54) is 23.9 Å². The molecular formula is C11H16N2O3S2. The molecule has 0 bridgehead atoms. The number of hydrogen-bond acceptors (Lipinski definition) is 4. The molecule has 0 atom stereocenters. The Kier molecular flexibility index (Phi) is 4.64. The molecule has 0 aliphatic carbocycles. The molecule has 0 aliphatic heterocycles. The van der Waals surface area contributed by atoms with Crippen molar-refractivity contribution in [2.75, 3.05) is 6.26 Å². The molecule has 0 saturated heterocycles. The monoisotopic (exact) mass is 288 g/mol. The first kappa shape index (κ1) is 14.8. The van der Waals surface area contributed by atoms with E-state index in [1.54, 1.807) is 32.0 Å². The summed E-state index contributed by atoms with van der Waals surface area (Å²) in [4.78, 5) is 11.1. The van der Waals surface area contributed by atoms with E-state index in [9.17, 15) is 13.2 Å². The summed E-state index contributed by atoms with van der Waals surface area (Å²) in [7, 11) is -3.81. The fourth-order valence-electron chi connectivity index (χ4n) is 1.13. The van der Waals surface area contributed by atoms with Crippen LogP contribution in [0.15, 0.2) is 35.2 Å². The van der Waals surface area contributed by atoms with Crippen molar-refractivity contribution in [3.63, 3.8) is 0 Å². The zero-order valence-corrected chi connectivity index (χ0v) is 12.1. The summed E-state index contributed by atoms with van der Waals surface area (Å²) in [5, 5.41) is 2.57. The highest BCUT2D eigenvalue weighted by Crippen LogP contribution is 2.17. The Morgan fingerprint density at radius 1 is 1.22 bits per heavy atom. The molecule has 0 saturated carbocycles. The highest BCUT2D eigenvalue weighted by Gasteiger charge is 2.22. The Balaban J connectivity index is 2.77. The van der Waals surface area contributed by atoms with Gasteiger partial charge in [-0.1, -0.05) is 18.2 Å². The van der Waals surface area contributed by atoms with Crippen LogP contribution >= 0.6 is 11.8 Å². The molecule has 0 aliphatic rings. The van der Waals surface area contributed by atoms with Gasteiger partial charge in [-0.3, -0.25) is 0 Å². The second-order valence-electron chi connectivity index (χ2n) is 4.09. The molecule has 18 heavy (non-hydrogen) atoms. The first-order valence-electron chi connectivity index (χ1n) is 5.22. The second-order valence-corrected chi connectivity index (χ2v) is 7.20. The number of urea groups is 1. The molecule has 0 radical (unpaired) electrons. The molecule has 0 heterocycles. The normalized spacial score (nSPS) is 11.9. The van der Waals surface area contributed by atoms with Crippen molar-refractivity contribution >= 4 is 27.8 Å². The van der Waals surface area contributed by atoms with Gasteiger partial charge < -0.3 is 5.32 Å². The van der Waals surface area contributed by atoms with Crippen molar-refractivity contribution < 1.29 is 13.2 Å². The van der Waals surface area contributed by atoms with Crippen molar-refractivity contribution in [3.8, 4) is 0 Å². The molecule has 0 fully saturated rings. The Labute approximate surface area is 111 Å². The van der Waals surface area contributed by atoms with Gasteiger partial charge in [0.15, 0.2) is 0 Å². The Morgan fingerprint density at radius 3 is 2.28 bits per heavy atom. The molecule has 1 aromatic rings. The Hall–Kier alpha value is -1.21. The maximum absolute atomic E-state index is 11.8. The number of nitrogens with one attached hydrogen (secondary N) is 2. The topological polar surface area (TPSA) is 75.3 Å². The van der Waals surface area contributed by atoms with Crippen molar-refractivity contribution in [2.45, 2.75) is 23.6 Å². The van der Waals surface area contributed by atoms with Crippen molar-refractivity contribution in [2.24, 2.45) is 0 Å². The third-order valence-corrected chi connectivity index (χ3v) is 4.68. The van der Waals surface area contributed by atoms with Crippen LogP contribution in [0.5, 0.6) is 0 Å². The zero-order chi connectivity index (χ0) is 13.8. The van der Waals surface area contributed by atoms with E-state index >= 15 is 0 Å². The molecule has 100 valence electrons. The number of thioether (sulfide) groups is 1. The van der Waals surface area contributed by atoms with E-state index in [1.807, 2.05) is 11.0 Å². The molecule has 2 amide bonds. The summed E-state index contributed by atoms with van der Waals surface area (Å²) in [6.45, 7) is 3.57. The van der Waals surface area contributed by atoms with Crippen molar-refractivity contribution in [1.82, 2.24) is 10.0 Å². The van der Waals surface area contributed by atoms with Gasteiger partial charge in [-0.2, -0.15) is 0 Å². The van der Waals surface area contributed by atoms with E-state index in [0.29, 0.717) is 0 Å². The largest absolute Gasteiger partial charge is 0.329 e. The Morgan fingerprint density at radius 2 is 1.78 bits per heavy atom. The third-order valence-electron chi connectivity index (χ3n) is 2.21. The standard InChI is InChI=1S/C11H16N2O3S2/c1-11(2,17-3)12-10(14)13-18(15,16)9-7-5-4-6-8-9/h4-8H,1-3H3,(H2,12,13,14). The zero-order valence-electron chi connectivity index (χ0n) is 10.4. The summed E-state index contributed by atoms with van der Waals surface area (Å²) in [5.41, 5.74) is 0. The number of benzene rings is 1. The van der Waals surface area contributed by atoms with Crippen molar-refractivity contribution in [3.05, 3.63) is 30.3 Å². The average molecular weight is 288 g/mol. The summed E-state index contributed by atoms with van der Waals surface area (Å²) in [6, 6.07) is 7.01. The lowest BCUT2D eigenvalue weighted by atomic mass is 10.4. The molecule has 5 nitrogen and oxygen atoms in total. The number of carbonyl (C=O) groups is 1. The number of carbonyl (C=O) groups excluding carboxylic acids is 1. The summed E-state index contributed by atoms with van der Waals surface area (Å²) >= 11 is 1.41. The number of amides is 2. The maximum Gasteiger partial charge on any atom is 0.329 e. The highest BCUT2D eigenvalue weighted by molar-refractivity contribution is 7.99. The summed E-state index contributed by atoms with van der Waals surface area (Å²) in [6.07, 6.45) is 1.83. The lowest BCUT2D eigenvalue weighted by Crippen LogP contribution is -2.47. The quantitative estimate of drug-likeness (QED) is 0.828. The van der Waals surface area contributed by atoms with Gasteiger partial charge in [0.05, 0.1) is 9.77 Å². The van der Waals surface area contributed by atoms with E-state index in [0.717, 1.165) is 0 Å². The number of sulfonamides is 1. The molecule has 0 spiro atoms. The minimum Gasteiger partial charge on any atom is -0.323 e. The fourth-order valence-corrected chi connectivity index (χ4v) is 2.25. The molecule has 1 aromatic carbocycles. The second kappa shape index (κ2) is 5.62. The molecule has 1 rings (SSSR count). The van der Waals surface area contributed by atoms with E-state index in [2.05, 4.69) is 5.32 Å². The molecule has 7 heteroatoms. The van der Waals surface area contributed by atoms with Crippen LogP contribution in [0, 0.1) is 0 Å². The molecular weight excluding hydrogens is 272 g/mol. The van der Waals surface area contributed by atoms with Crippen LogP contribution in [0.4, 0.5) is 4.79 Å². The van der Waals surface area contributed by atoms with Gasteiger partial charge in [0.25, 0.3) is 10.0 Å². The highest BCUT2D eigenvalue weighted by atomic mass is 32.2. The van der Waals surface area contributed by atoms with Crippen LogP contribution in [-0.2, 0) is 10.0 Å².